The molecule has 0 radical (unpaired) electrons. The van der Waals surface area contributed by atoms with Crippen LogP contribution in [0.2, 0.25) is 5.15 Å². The van der Waals surface area contributed by atoms with Gasteiger partial charge in [-0.1, -0.05) is 41.9 Å². The van der Waals surface area contributed by atoms with E-state index in [4.69, 9.17) is 11.6 Å². The van der Waals surface area contributed by atoms with Gasteiger partial charge in [-0.3, -0.25) is 0 Å². The minimum absolute atomic E-state index is 0.515. The molecular weight excluding hydrogens is 236 g/mol. The fourth-order valence-electron chi connectivity index (χ4n) is 1.90. The van der Waals surface area contributed by atoms with E-state index in [1.165, 1.54) is 0 Å². The number of rotatable bonds is 3. The van der Waals surface area contributed by atoms with Gasteiger partial charge in [-0.15, -0.1) is 0 Å². The Bertz CT molecular complexity index is 508. The molecule has 1 atom stereocenters. The normalized spacial score (nSPS) is 12.7. The zero-order valence-corrected chi connectivity index (χ0v) is 10.6. The Morgan fingerprint density at radius 1 is 1.35 bits per heavy atom. The van der Waals surface area contributed by atoms with Crippen LogP contribution in [0.1, 0.15) is 30.1 Å². The van der Waals surface area contributed by atoms with Crippen molar-refractivity contribution in [1.82, 2.24) is 9.55 Å². The molecule has 4 heteroatoms. The van der Waals surface area contributed by atoms with E-state index in [-0.39, 0.29) is 0 Å². The molecule has 3 nitrogen and oxygen atoms in total. The number of nitrogens with zero attached hydrogens (tertiary/aromatic N) is 2. The fraction of sp³-hybridized carbons (Fsp3) is 0.308. The molecule has 1 N–H and O–H groups in total. The average molecular weight is 251 g/mol. The van der Waals surface area contributed by atoms with Crippen molar-refractivity contribution in [3.8, 4) is 0 Å². The molecule has 0 saturated heterocycles. The molecule has 0 unspecified atom stereocenters. The summed E-state index contributed by atoms with van der Waals surface area (Å²) in [6, 6.07) is 9.41. The van der Waals surface area contributed by atoms with Crippen molar-refractivity contribution in [2.24, 2.45) is 0 Å². The molecule has 2 rings (SSSR count). The summed E-state index contributed by atoms with van der Waals surface area (Å²) in [6.45, 7) is 4.63. The molecule has 0 aliphatic carbocycles. The first-order chi connectivity index (χ1) is 8.15. The van der Waals surface area contributed by atoms with E-state index in [1.807, 2.05) is 48.7 Å². The van der Waals surface area contributed by atoms with Crippen LogP contribution in [-0.2, 0) is 6.54 Å². The summed E-state index contributed by atoms with van der Waals surface area (Å²) in [5.41, 5.74) is 1.33. The highest BCUT2D eigenvalue weighted by atomic mass is 35.5. The molecule has 0 amide bonds. The van der Waals surface area contributed by atoms with Crippen LogP contribution >= 0.6 is 11.6 Å². The van der Waals surface area contributed by atoms with Crippen LogP contribution in [-0.4, -0.2) is 14.7 Å². The van der Waals surface area contributed by atoms with Crippen LogP contribution in [0.25, 0.3) is 0 Å². The minimum Gasteiger partial charge on any atom is -0.382 e. The first kappa shape index (κ1) is 12.1. The molecule has 0 saturated carbocycles. The number of imidazole rings is 1. The maximum Gasteiger partial charge on any atom is 0.135 e. The Hall–Kier alpha value is -1.32. The molecule has 2 aromatic rings. The fourth-order valence-corrected chi connectivity index (χ4v) is 2.28. The van der Waals surface area contributed by atoms with Gasteiger partial charge in [0, 0.05) is 6.54 Å². The lowest BCUT2D eigenvalue weighted by Gasteiger charge is -2.09. The van der Waals surface area contributed by atoms with Gasteiger partial charge in [0.05, 0.1) is 0 Å². The number of benzene rings is 1. The Labute approximate surface area is 106 Å². The average Bonchev–Trinajstić information content (AvgIpc) is 2.64. The molecule has 1 aromatic heterocycles. The van der Waals surface area contributed by atoms with Gasteiger partial charge >= 0.3 is 0 Å². The van der Waals surface area contributed by atoms with E-state index in [1.54, 1.807) is 0 Å². The number of aryl methyl sites for hydroxylation is 1. The van der Waals surface area contributed by atoms with Gasteiger partial charge in [0.2, 0.25) is 0 Å². The second-order valence-corrected chi connectivity index (χ2v) is 4.25. The predicted octanol–water partition coefficient (Wildman–Crippen LogP) is 2.95. The monoisotopic (exact) mass is 250 g/mol. The number of hydrogen-bond donors (Lipinski definition) is 1. The first-order valence-corrected chi connectivity index (χ1v) is 5.98. The molecule has 90 valence electrons. The van der Waals surface area contributed by atoms with Gasteiger partial charge in [-0.25, -0.2) is 4.98 Å². The highest BCUT2D eigenvalue weighted by molar-refractivity contribution is 6.30. The van der Waals surface area contributed by atoms with Crippen LogP contribution in [0.15, 0.2) is 30.3 Å². The quantitative estimate of drug-likeness (QED) is 0.910. The summed E-state index contributed by atoms with van der Waals surface area (Å²) in [5.74, 6) is 0.822. The molecule has 0 fully saturated rings. The maximum atomic E-state index is 10.2. The van der Waals surface area contributed by atoms with Crippen molar-refractivity contribution in [1.29, 1.82) is 0 Å². The third-order valence-electron chi connectivity index (χ3n) is 2.81. The second-order valence-electron chi connectivity index (χ2n) is 3.89. The Balaban J connectivity index is 2.41. The summed E-state index contributed by atoms with van der Waals surface area (Å²) in [4.78, 5) is 4.34. The molecule has 0 spiro atoms. The SMILES string of the molecule is CCn1c(C)nc([C@H](O)c2ccccc2)c1Cl. The molecule has 0 bridgehead atoms. The van der Waals surface area contributed by atoms with E-state index in [9.17, 15) is 5.11 Å². The van der Waals surface area contributed by atoms with Crippen LogP contribution in [0.3, 0.4) is 0 Å². The number of aromatic nitrogens is 2. The standard InChI is InChI=1S/C13H15ClN2O/c1-3-16-9(2)15-11(13(16)14)12(17)10-7-5-4-6-8-10/h4-8,12,17H,3H2,1-2H3/t12-/m1/s1. The zero-order valence-electron chi connectivity index (χ0n) is 9.89. The molecule has 1 heterocycles. The summed E-state index contributed by atoms with van der Waals surface area (Å²) < 4.78 is 1.88. The van der Waals surface area contributed by atoms with Crippen molar-refractivity contribution in [3.63, 3.8) is 0 Å². The molecule has 17 heavy (non-hydrogen) atoms. The Morgan fingerprint density at radius 2 is 2.00 bits per heavy atom. The minimum atomic E-state index is -0.768. The van der Waals surface area contributed by atoms with Crippen molar-refractivity contribution in [3.05, 3.63) is 52.6 Å². The largest absolute Gasteiger partial charge is 0.382 e. The van der Waals surface area contributed by atoms with Gasteiger partial charge in [0.1, 0.15) is 22.8 Å². The highest BCUT2D eigenvalue weighted by Crippen LogP contribution is 2.28. The predicted molar refractivity (Wildman–Crippen MR) is 68.2 cm³/mol. The van der Waals surface area contributed by atoms with Crippen molar-refractivity contribution < 1.29 is 5.11 Å². The summed E-state index contributed by atoms with van der Waals surface area (Å²) >= 11 is 6.21. The third-order valence-corrected chi connectivity index (χ3v) is 3.21. The maximum absolute atomic E-state index is 10.2. The van der Waals surface area contributed by atoms with Gasteiger partial charge in [-0.2, -0.15) is 0 Å². The topological polar surface area (TPSA) is 38.0 Å². The van der Waals surface area contributed by atoms with Gasteiger partial charge < -0.3 is 9.67 Å². The highest BCUT2D eigenvalue weighted by Gasteiger charge is 2.20. The van der Waals surface area contributed by atoms with Crippen molar-refractivity contribution >= 4 is 11.6 Å². The Morgan fingerprint density at radius 3 is 2.53 bits per heavy atom. The van der Waals surface area contributed by atoms with Crippen LogP contribution in [0, 0.1) is 6.92 Å². The number of hydrogen-bond acceptors (Lipinski definition) is 2. The third kappa shape index (κ3) is 2.21. The van der Waals surface area contributed by atoms with E-state index < -0.39 is 6.10 Å². The summed E-state index contributed by atoms with van der Waals surface area (Å²) in [6.07, 6.45) is -0.768. The number of aliphatic hydroxyl groups is 1. The van der Waals surface area contributed by atoms with Crippen molar-refractivity contribution in [2.45, 2.75) is 26.5 Å². The Kier molecular flexibility index (Phi) is 3.50. The molecular formula is C13H15ClN2O. The molecule has 1 aromatic carbocycles. The van der Waals surface area contributed by atoms with Gasteiger partial charge in [0.25, 0.3) is 0 Å². The van der Waals surface area contributed by atoms with Crippen LogP contribution in [0.4, 0.5) is 0 Å². The second kappa shape index (κ2) is 4.90. The van der Waals surface area contributed by atoms with E-state index in [0.29, 0.717) is 10.8 Å². The van der Waals surface area contributed by atoms with Gasteiger partial charge in [-0.05, 0) is 19.4 Å². The first-order valence-electron chi connectivity index (χ1n) is 5.60. The van der Waals surface area contributed by atoms with Crippen molar-refractivity contribution in [2.75, 3.05) is 0 Å². The van der Waals surface area contributed by atoms with E-state index >= 15 is 0 Å². The van der Waals surface area contributed by atoms with Gasteiger partial charge in [0.15, 0.2) is 0 Å². The van der Waals surface area contributed by atoms with E-state index in [0.717, 1.165) is 17.9 Å². The smallest absolute Gasteiger partial charge is 0.135 e. The lowest BCUT2D eigenvalue weighted by molar-refractivity contribution is 0.216. The van der Waals surface area contributed by atoms with E-state index in [2.05, 4.69) is 4.98 Å². The van der Waals surface area contributed by atoms with Crippen LogP contribution in [0.5, 0.6) is 0 Å². The number of halogens is 1. The summed E-state index contributed by atoms with van der Waals surface area (Å²) in [5, 5.41) is 10.8. The molecule has 0 aliphatic heterocycles. The zero-order chi connectivity index (χ0) is 12.4. The lowest BCUT2D eigenvalue weighted by Crippen LogP contribution is -2.01. The summed E-state index contributed by atoms with van der Waals surface area (Å²) in [7, 11) is 0. The van der Waals surface area contributed by atoms with Crippen LogP contribution < -0.4 is 0 Å². The lowest BCUT2D eigenvalue weighted by atomic mass is 10.1. The number of aliphatic hydroxyl groups excluding tert-OH is 1. The molecule has 0 aliphatic rings.